The first-order chi connectivity index (χ1) is 8.43. The molecule has 0 aromatic rings. The zero-order valence-corrected chi connectivity index (χ0v) is 12.2. The van der Waals surface area contributed by atoms with Gasteiger partial charge in [-0.3, -0.25) is 0 Å². The van der Waals surface area contributed by atoms with E-state index < -0.39 is 0 Å². The molecule has 1 saturated carbocycles. The molecule has 1 fully saturated rings. The third-order valence-electron chi connectivity index (χ3n) is 4.44. The molecule has 0 amide bonds. The second-order valence-electron chi connectivity index (χ2n) is 6.12. The van der Waals surface area contributed by atoms with Crippen molar-refractivity contribution in [2.24, 2.45) is 5.92 Å². The second kappa shape index (κ2) is 11.1. The molecule has 0 spiro atoms. The molecular formula is C17H34. The third kappa shape index (κ3) is 8.69. The Labute approximate surface area is 110 Å². The van der Waals surface area contributed by atoms with Gasteiger partial charge in [0.2, 0.25) is 0 Å². The molecule has 0 unspecified atom stereocenters. The summed E-state index contributed by atoms with van der Waals surface area (Å²) >= 11 is 0. The molecule has 0 aliphatic heterocycles. The average molecular weight is 238 g/mol. The summed E-state index contributed by atoms with van der Waals surface area (Å²) in [6.45, 7) is 2.30. The fourth-order valence-electron chi connectivity index (χ4n) is 3.22. The lowest BCUT2D eigenvalue weighted by atomic mass is 9.91. The molecule has 0 heteroatoms. The van der Waals surface area contributed by atoms with Gasteiger partial charge in [-0.15, -0.1) is 0 Å². The van der Waals surface area contributed by atoms with Gasteiger partial charge in [0.25, 0.3) is 0 Å². The monoisotopic (exact) mass is 238 g/mol. The van der Waals surface area contributed by atoms with Gasteiger partial charge >= 0.3 is 0 Å². The van der Waals surface area contributed by atoms with E-state index in [0.29, 0.717) is 0 Å². The predicted molar refractivity (Wildman–Crippen MR) is 78.4 cm³/mol. The van der Waals surface area contributed by atoms with Crippen LogP contribution in [0.2, 0.25) is 0 Å². The summed E-state index contributed by atoms with van der Waals surface area (Å²) in [6.07, 6.45) is 22.4. The fraction of sp³-hybridized carbons (Fsp3) is 1.00. The zero-order valence-electron chi connectivity index (χ0n) is 12.2. The minimum atomic E-state index is 1.08. The minimum Gasteiger partial charge on any atom is -0.0654 e. The first kappa shape index (κ1) is 15.1. The van der Waals surface area contributed by atoms with Gasteiger partial charge < -0.3 is 0 Å². The summed E-state index contributed by atoms with van der Waals surface area (Å²) in [5, 5.41) is 0. The van der Waals surface area contributed by atoms with Gasteiger partial charge in [-0.1, -0.05) is 103 Å². The van der Waals surface area contributed by atoms with Gasteiger partial charge in [0.05, 0.1) is 0 Å². The van der Waals surface area contributed by atoms with Crippen LogP contribution in [0.3, 0.4) is 0 Å². The Morgan fingerprint density at radius 1 is 0.647 bits per heavy atom. The van der Waals surface area contributed by atoms with E-state index in [1.807, 2.05) is 0 Å². The summed E-state index contributed by atoms with van der Waals surface area (Å²) in [7, 11) is 0. The van der Waals surface area contributed by atoms with Gasteiger partial charge in [0.1, 0.15) is 0 Å². The highest BCUT2D eigenvalue weighted by Gasteiger charge is 2.09. The number of hydrogen-bond donors (Lipinski definition) is 0. The van der Waals surface area contributed by atoms with Gasteiger partial charge in [-0.2, -0.15) is 0 Å². The largest absolute Gasteiger partial charge is 0.0654 e. The van der Waals surface area contributed by atoms with E-state index >= 15 is 0 Å². The van der Waals surface area contributed by atoms with E-state index in [2.05, 4.69) is 6.92 Å². The summed E-state index contributed by atoms with van der Waals surface area (Å²) in [5.41, 5.74) is 0. The Balaban J connectivity index is 1.99. The van der Waals surface area contributed by atoms with Crippen molar-refractivity contribution < 1.29 is 0 Å². The lowest BCUT2D eigenvalue weighted by molar-refractivity contribution is 0.382. The van der Waals surface area contributed by atoms with Gasteiger partial charge in [-0.05, 0) is 5.92 Å². The molecule has 17 heavy (non-hydrogen) atoms. The highest BCUT2D eigenvalue weighted by atomic mass is 14.2. The van der Waals surface area contributed by atoms with Crippen LogP contribution in [0.4, 0.5) is 0 Å². The van der Waals surface area contributed by atoms with Crippen molar-refractivity contribution in [3.05, 3.63) is 0 Å². The Kier molecular flexibility index (Phi) is 9.84. The molecule has 0 N–H and O–H groups in total. The Bertz CT molecular complexity index is 140. The normalized spacial score (nSPS) is 19.6. The van der Waals surface area contributed by atoms with E-state index in [4.69, 9.17) is 0 Å². The van der Waals surface area contributed by atoms with Crippen LogP contribution in [0.15, 0.2) is 0 Å². The van der Waals surface area contributed by atoms with Crippen LogP contribution < -0.4 is 0 Å². The summed E-state index contributed by atoms with van der Waals surface area (Å²) in [4.78, 5) is 0. The lowest BCUT2D eigenvalue weighted by Crippen LogP contribution is -2.00. The maximum atomic E-state index is 2.30. The molecule has 1 aliphatic carbocycles. The minimum absolute atomic E-state index is 1.08. The molecule has 0 aromatic carbocycles. The first-order valence-electron chi connectivity index (χ1n) is 8.43. The molecule has 0 nitrogen and oxygen atoms in total. The van der Waals surface area contributed by atoms with E-state index in [1.54, 1.807) is 0 Å². The van der Waals surface area contributed by atoms with Crippen LogP contribution in [0.1, 0.15) is 103 Å². The molecular weight excluding hydrogens is 204 g/mol. The fourth-order valence-corrected chi connectivity index (χ4v) is 3.22. The molecule has 102 valence electrons. The lowest BCUT2D eigenvalue weighted by Gasteiger charge is -2.15. The molecule has 0 atom stereocenters. The summed E-state index contributed by atoms with van der Waals surface area (Å²) in [6, 6.07) is 0. The van der Waals surface area contributed by atoms with Crippen molar-refractivity contribution in [2.75, 3.05) is 0 Å². The highest BCUT2D eigenvalue weighted by Crippen LogP contribution is 2.26. The molecule has 1 rings (SSSR count). The van der Waals surface area contributed by atoms with E-state index in [0.717, 1.165) is 5.92 Å². The van der Waals surface area contributed by atoms with Crippen molar-refractivity contribution in [1.82, 2.24) is 0 Å². The number of hydrogen-bond acceptors (Lipinski definition) is 0. The van der Waals surface area contributed by atoms with Crippen LogP contribution in [-0.2, 0) is 0 Å². The maximum Gasteiger partial charge on any atom is -0.0414 e. The van der Waals surface area contributed by atoms with Crippen LogP contribution in [0, 0.1) is 5.92 Å². The van der Waals surface area contributed by atoms with E-state index in [9.17, 15) is 0 Å². The second-order valence-corrected chi connectivity index (χ2v) is 6.12. The number of unbranched alkanes of at least 4 members (excludes halogenated alkanes) is 5. The average Bonchev–Trinajstić information content (AvgIpc) is 2.47. The van der Waals surface area contributed by atoms with Crippen molar-refractivity contribution in [3.63, 3.8) is 0 Å². The first-order valence-corrected chi connectivity index (χ1v) is 8.43. The molecule has 0 saturated heterocycles. The van der Waals surface area contributed by atoms with Crippen molar-refractivity contribution in [1.29, 1.82) is 0 Å². The molecule has 0 aromatic heterocycles. The van der Waals surface area contributed by atoms with Gasteiger partial charge in [0, 0.05) is 0 Å². The van der Waals surface area contributed by atoms with Crippen LogP contribution in [0.5, 0.6) is 0 Å². The van der Waals surface area contributed by atoms with Crippen molar-refractivity contribution >= 4 is 0 Å². The van der Waals surface area contributed by atoms with E-state index in [-0.39, 0.29) is 0 Å². The quantitative estimate of drug-likeness (QED) is 0.445. The zero-order chi connectivity index (χ0) is 12.2. The molecule has 0 heterocycles. The van der Waals surface area contributed by atoms with Crippen molar-refractivity contribution in [2.45, 2.75) is 103 Å². The molecule has 1 aliphatic rings. The predicted octanol–water partition coefficient (Wildman–Crippen LogP) is 6.49. The Morgan fingerprint density at radius 3 is 1.82 bits per heavy atom. The standard InChI is InChI=1S/C17H34/c1-2-3-4-5-8-11-14-17-15-12-9-6-7-10-13-16-17/h17H,2-16H2,1H3. The smallest absolute Gasteiger partial charge is 0.0414 e. The molecule has 0 bridgehead atoms. The van der Waals surface area contributed by atoms with Gasteiger partial charge in [0.15, 0.2) is 0 Å². The Hall–Kier alpha value is 0. The number of rotatable bonds is 7. The highest BCUT2D eigenvalue weighted by molar-refractivity contribution is 4.63. The Morgan fingerprint density at radius 2 is 1.18 bits per heavy atom. The van der Waals surface area contributed by atoms with Crippen LogP contribution >= 0.6 is 0 Å². The maximum absolute atomic E-state index is 2.30. The van der Waals surface area contributed by atoms with Crippen molar-refractivity contribution in [3.8, 4) is 0 Å². The van der Waals surface area contributed by atoms with E-state index in [1.165, 1.54) is 96.3 Å². The molecule has 0 radical (unpaired) electrons. The summed E-state index contributed by atoms with van der Waals surface area (Å²) < 4.78 is 0. The van der Waals surface area contributed by atoms with Crippen LogP contribution in [-0.4, -0.2) is 0 Å². The third-order valence-corrected chi connectivity index (χ3v) is 4.44. The topological polar surface area (TPSA) is 0 Å². The van der Waals surface area contributed by atoms with Crippen LogP contribution in [0.25, 0.3) is 0 Å². The SMILES string of the molecule is CCCCCCCCC1CCCCCCCC1. The van der Waals surface area contributed by atoms with Gasteiger partial charge in [-0.25, -0.2) is 0 Å². The summed E-state index contributed by atoms with van der Waals surface area (Å²) in [5.74, 6) is 1.08.